The van der Waals surface area contributed by atoms with E-state index in [9.17, 15) is 4.79 Å². The van der Waals surface area contributed by atoms with Crippen molar-refractivity contribution in [1.29, 1.82) is 0 Å². The van der Waals surface area contributed by atoms with Crippen LogP contribution >= 0.6 is 23.1 Å². The van der Waals surface area contributed by atoms with Crippen molar-refractivity contribution in [2.24, 2.45) is 0 Å². The normalized spacial score (nSPS) is 16.7. The average Bonchev–Trinajstić information content (AvgIpc) is 3.17. The van der Waals surface area contributed by atoms with Gasteiger partial charge in [-0.15, -0.1) is 23.1 Å². The van der Waals surface area contributed by atoms with Crippen LogP contribution in [0.15, 0.2) is 52.7 Å². The van der Waals surface area contributed by atoms with Gasteiger partial charge in [-0.2, -0.15) is 0 Å². The maximum Gasteiger partial charge on any atom is 0.220 e. The Kier molecular flexibility index (Phi) is 6.35. The fraction of sp³-hybridized carbons (Fsp3) is 0.421. The Bertz CT molecular complexity index is 622. The fourth-order valence-corrected chi connectivity index (χ4v) is 4.85. The number of nitrogens with one attached hydrogen (secondary N) is 1. The Labute approximate surface area is 151 Å². The van der Waals surface area contributed by atoms with Crippen molar-refractivity contribution < 1.29 is 9.53 Å². The van der Waals surface area contributed by atoms with Crippen LogP contribution in [-0.4, -0.2) is 31.4 Å². The molecule has 1 saturated heterocycles. The monoisotopic (exact) mass is 361 g/mol. The first-order valence-corrected chi connectivity index (χ1v) is 10.2. The molecule has 1 aromatic heterocycles. The molecule has 2 heterocycles. The van der Waals surface area contributed by atoms with Crippen molar-refractivity contribution >= 4 is 29.0 Å². The first-order valence-electron chi connectivity index (χ1n) is 8.35. The van der Waals surface area contributed by atoms with Crippen LogP contribution in [0.3, 0.4) is 0 Å². The van der Waals surface area contributed by atoms with Crippen molar-refractivity contribution in [2.45, 2.75) is 29.6 Å². The van der Waals surface area contributed by atoms with Crippen molar-refractivity contribution in [3.63, 3.8) is 0 Å². The number of ether oxygens (including phenoxy) is 1. The van der Waals surface area contributed by atoms with Crippen LogP contribution in [0.5, 0.6) is 0 Å². The molecule has 2 aromatic rings. The van der Waals surface area contributed by atoms with Crippen molar-refractivity contribution in [1.82, 2.24) is 5.32 Å². The third-order valence-corrected chi connectivity index (χ3v) is 6.59. The van der Waals surface area contributed by atoms with Crippen LogP contribution in [0.2, 0.25) is 0 Å². The minimum absolute atomic E-state index is 0.0502. The lowest BCUT2D eigenvalue weighted by Gasteiger charge is -2.36. The Hall–Kier alpha value is -1.30. The van der Waals surface area contributed by atoms with Crippen LogP contribution in [0, 0.1) is 0 Å². The predicted octanol–water partition coefficient (Wildman–Crippen LogP) is 4.09. The van der Waals surface area contributed by atoms with E-state index in [1.165, 1.54) is 9.77 Å². The van der Waals surface area contributed by atoms with Gasteiger partial charge in [0.2, 0.25) is 5.91 Å². The summed E-state index contributed by atoms with van der Waals surface area (Å²) in [5.74, 6) is 0.950. The molecule has 3 rings (SSSR count). The van der Waals surface area contributed by atoms with E-state index in [2.05, 4.69) is 35.0 Å². The van der Waals surface area contributed by atoms with Gasteiger partial charge in [0, 0.05) is 47.1 Å². The van der Waals surface area contributed by atoms with Crippen LogP contribution in [0.25, 0.3) is 0 Å². The lowest BCUT2D eigenvalue weighted by atomic mass is 9.78. The maximum atomic E-state index is 12.2. The Morgan fingerprint density at radius 3 is 2.67 bits per heavy atom. The molecule has 1 amide bonds. The molecule has 0 radical (unpaired) electrons. The second-order valence-electron chi connectivity index (χ2n) is 6.06. The molecule has 5 heteroatoms. The summed E-state index contributed by atoms with van der Waals surface area (Å²) in [6, 6.07) is 14.5. The highest BCUT2D eigenvalue weighted by molar-refractivity contribution is 7.99. The van der Waals surface area contributed by atoms with E-state index in [4.69, 9.17) is 4.74 Å². The van der Waals surface area contributed by atoms with E-state index in [0.717, 1.165) is 31.8 Å². The van der Waals surface area contributed by atoms with E-state index in [1.807, 2.05) is 18.2 Å². The summed E-state index contributed by atoms with van der Waals surface area (Å²) >= 11 is 3.51. The molecule has 0 saturated carbocycles. The van der Waals surface area contributed by atoms with Gasteiger partial charge < -0.3 is 10.1 Å². The Balaban J connectivity index is 1.48. The number of benzene rings is 1. The number of rotatable bonds is 7. The average molecular weight is 362 g/mol. The first-order chi connectivity index (χ1) is 11.8. The van der Waals surface area contributed by atoms with Gasteiger partial charge in [0.25, 0.3) is 0 Å². The molecule has 128 valence electrons. The summed E-state index contributed by atoms with van der Waals surface area (Å²) in [6.07, 6.45) is 2.51. The zero-order chi connectivity index (χ0) is 16.7. The van der Waals surface area contributed by atoms with Crippen LogP contribution in [0.1, 0.15) is 24.1 Å². The highest BCUT2D eigenvalue weighted by Crippen LogP contribution is 2.37. The predicted molar refractivity (Wildman–Crippen MR) is 101 cm³/mol. The minimum atomic E-state index is 0.0502. The van der Waals surface area contributed by atoms with Gasteiger partial charge in [0.1, 0.15) is 0 Å². The van der Waals surface area contributed by atoms with E-state index >= 15 is 0 Å². The number of thiophene rings is 1. The van der Waals surface area contributed by atoms with E-state index < -0.39 is 0 Å². The van der Waals surface area contributed by atoms with Crippen LogP contribution in [0.4, 0.5) is 0 Å². The fourth-order valence-electron chi connectivity index (χ4n) is 2.99. The second-order valence-corrected chi connectivity index (χ2v) is 8.17. The molecule has 0 atom stereocenters. The van der Waals surface area contributed by atoms with Crippen LogP contribution < -0.4 is 5.32 Å². The SMILES string of the molecule is O=C(CCSc1ccccc1)NCC1(c2cccs2)CCOCC1. The lowest BCUT2D eigenvalue weighted by molar-refractivity contribution is -0.121. The summed E-state index contributed by atoms with van der Waals surface area (Å²) in [7, 11) is 0. The number of hydrogen-bond acceptors (Lipinski definition) is 4. The van der Waals surface area contributed by atoms with Gasteiger partial charge in [0.05, 0.1) is 0 Å². The topological polar surface area (TPSA) is 38.3 Å². The number of hydrogen-bond donors (Lipinski definition) is 1. The smallest absolute Gasteiger partial charge is 0.220 e. The summed E-state index contributed by atoms with van der Waals surface area (Å²) in [6.45, 7) is 2.26. The molecule has 0 spiro atoms. The summed E-state index contributed by atoms with van der Waals surface area (Å²) in [5.41, 5.74) is 0.0502. The zero-order valence-electron chi connectivity index (χ0n) is 13.7. The first kappa shape index (κ1) is 17.5. The number of amides is 1. The van der Waals surface area contributed by atoms with E-state index in [-0.39, 0.29) is 11.3 Å². The molecule has 3 nitrogen and oxygen atoms in total. The molecule has 1 aliphatic heterocycles. The highest BCUT2D eigenvalue weighted by atomic mass is 32.2. The third-order valence-electron chi connectivity index (χ3n) is 4.46. The van der Waals surface area contributed by atoms with Crippen molar-refractivity contribution in [3.05, 3.63) is 52.7 Å². The third kappa shape index (κ3) is 4.62. The van der Waals surface area contributed by atoms with Gasteiger partial charge in [0.15, 0.2) is 0 Å². The zero-order valence-corrected chi connectivity index (χ0v) is 15.3. The molecule has 24 heavy (non-hydrogen) atoms. The largest absolute Gasteiger partial charge is 0.381 e. The summed E-state index contributed by atoms with van der Waals surface area (Å²) in [4.78, 5) is 14.8. The number of carbonyl (C=O) groups excluding carboxylic acids is 1. The van der Waals surface area contributed by atoms with E-state index in [1.54, 1.807) is 23.1 Å². The summed E-state index contributed by atoms with van der Waals surface area (Å²) in [5, 5.41) is 5.28. The molecule has 1 fully saturated rings. The van der Waals surface area contributed by atoms with Gasteiger partial charge in [-0.1, -0.05) is 24.3 Å². The Morgan fingerprint density at radius 1 is 1.17 bits per heavy atom. The molecule has 1 aromatic carbocycles. The van der Waals surface area contributed by atoms with Gasteiger partial charge in [-0.25, -0.2) is 0 Å². The molecule has 1 N–H and O–H groups in total. The number of thioether (sulfide) groups is 1. The van der Waals surface area contributed by atoms with Crippen molar-refractivity contribution in [2.75, 3.05) is 25.5 Å². The summed E-state index contributed by atoms with van der Waals surface area (Å²) < 4.78 is 5.53. The van der Waals surface area contributed by atoms with Crippen LogP contribution in [-0.2, 0) is 14.9 Å². The highest BCUT2D eigenvalue weighted by Gasteiger charge is 2.35. The molecule has 1 aliphatic rings. The Morgan fingerprint density at radius 2 is 1.96 bits per heavy atom. The molecule has 0 bridgehead atoms. The van der Waals surface area contributed by atoms with Gasteiger partial charge in [-0.3, -0.25) is 4.79 Å². The molecular formula is C19H23NO2S2. The number of carbonyl (C=O) groups is 1. The van der Waals surface area contributed by atoms with E-state index in [0.29, 0.717) is 13.0 Å². The maximum absolute atomic E-state index is 12.2. The van der Waals surface area contributed by atoms with Gasteiger partial charge in [-0.05, 0) is 36.4 Å². The minimum Gasteiger partial charge on any atom is -0.381 e. The van der Waals surface area contributed by atoms with Crippen molar-refractivity contribution in [3.8, 4) is 0 Å². The van der Waals surface area contributed by atoms with Gasteiger partial charge >= 0.3 is 0 Å². The molecular weight excluding hydrogens is 338 g/mol. The molecule has 0 unspecified atom stereocenters. The standard InChI is InChI=1S/C19H23NO2S2/c21-18(8-14-23-16-5-2-1-3-6-16)20-15-19(9-11-22-12-10-19)17-7-4-13-24-17/h1-7,13H,8-12,14-15H2,(H,20,21). The quantitative estimate of drug-likeness (QED) is 0.755. The second kappa shape index (κ2) is 8.70. The molecule has 0 aliphatic carbocycles. The lowest BCUT2D eigenvalue weighted by Crippen LogP contribution is -2.44.